The maximum atomic E-state index is 12.6. The molecule has 1 aromatic carbocycles. The molecule has 5 heteroatoms. The van der Waals surface area contributed by atoms with Crippen LogP contribution in [0.3, 0.4) is 0 Å². The van der Waals surface area contributed by atoms with Gasteiger partial charge in [0.1, 0.15) is 0 Å². The van der Waals surface area contributed by atoms with E-state index in [9.17, 15) is 4.79 Å². The minimum absolute atomic E-state index is 0.217. The van der Waals surface area contributed by atoms with Gasteiger partial charge in [-0.15, -0.1) is 5.10 Å². The predicted molar refractivity (Wildman–Crippen MR) is 97.7 cm³/mol. The monoisotopic (exact) mass is 336 g/mol. The van der Waals surface area contributed by atoms with Gasteiger partial charge in [-0.05, 0) is 48.9 Å². The molecule has 1 saturated heterocycles. The Hall–Kier alpha value is -2.43. The predicted octanol–water partition coefficient (Wildman–Crippen LogP) is 2.17. The van der Waals surface area contributed by atoms with Crippen LogP contribution in [0.2, 0.25) is 0 Å². The minimum atomic E-state index is 0.217. The number of benzene rings is 1. The third-order valence-corrected chi connectivity index (χ3v) is 5.37. The van der Waals surface area contributed by atoms with Gasteiger partial charge < -0.3 is 9.80 Å². The molecule has 25 heavy (non-hydrogen) atoms. The molecule has 0 N–H and O–H groups in total. The molecule has 1 amide bonds. The number of amides is 1. The van der Waals surface area contributed by atoms with Gasteiger partial charge in [0.2, 0.25) is 5.91 Å². The van der Waals surface area contributed by atoms with Gasteiger partial charge in [-0.3, -0.25) is 4.79 Å². The van der Waals surface area contributed by atoms with Crippen molar-refractivity contribution in [3.8, 4) is 0 Å². The highest BCUT2D eigenvalue weighted by Crippen LogP contribution is 2.23. The summed E-state index contributed by atoms with van der Waals surface area (Å²) in [5.74, 6) is 1.18. The highest BCUT2D eigenvalue weighted by atomic mass is 16.2. The van der Waals surface area contributed by atoms with Crippen LogP contribution in [0.15, 0.2) is 30.3 Å². The average molecular weight is 336 g/mol. The lowest BCUT2D eigenvalue weighted by atomic mass is 10.1. The number of piperazine rings is 1. The first kappa shape index (κ1) is 16.1. The molecule has 0 radical (unpaired) electrons. The van der Waals surface area contributed by atoms with Crippen molar-refractivity contribution in [3.63, 3.8) is 0 Å². The van der Waals surface area contributed by atoms with Gasteiger partial charge in [0.25, 0.3) is 0 Å². The van der Waals surface area contributed by atoms with Gasteiger partial charge in [0, 0.05) is 26.2 Å². The average Bonchev–Trinajstić information content (AvgIpc) is 3.11. The second kappa shape index (κ2) is 6.82. The lowest BCUT2D eigenvalue weighted by Gasteiger charge is -2.35. The summed E-state index contributed by atoms with van der Waals surface area (Å²) >= 11 is 0. The summed E-state index contributed by atoms with van der Waals surface area (Å²) in [5, 5.41) is 8.78. The molecule has 0 spiro atoms. The number of aryl methyl sites for hydroxylation is 3. The Morgan fingerprint density at radius 2 is 1.88 bits per heavy atom. The van der Waals surface area contributed by atoms with Crippen molar-refractivity contribution < 1.29 is 4.79 Å². The van der Waals surface area contributed by atoms with E-state index in [1.807, 2.05) is 23.1 Å². The summed E-state index contributed by atoms with van der Waals surface area (Å²) in [5.41, 5.74) is 4.82. The highest BCUT2D eigenvalue weighted by molar-refractivity contribution is 5.79. The molecule has 1 aliphatic carbocycles. The Bertz CT molecular complexity index is 781. The molecule has 2 aromatic rings. The molecule has 0 unspecified atom stereocenters. The molecule has 4 rings (SSSR count). The first-order valence-electron chi connectivity index (χ1n) is 9.13. The smallest absolute Gasteiger partial charge is 0.227 e. The van der Waals surface area contributed by atoms with Crippen molar-refractivity contribution in [3.05, 3.63) is 52.7 Å². The van der Waals surface area contributed by atoms with Crippen LogP contribution in [0.5, 0.6) is 0 Å². The van der Waals surface area contributed by atoms with Crippen LogP contribution < -0.4 is 4.90 Å². The van der Waals surface area contributed by atoms with E-state index in [0.717, 1.165) is 56.1 Å². The number of hydrogen-bond acceptors (Lipinski definition) is 4. The van der Waals surface area contributed by atoms with Crippen molar-refractivity contribution in [1.82, 2.24) is 15.1 Å². The molecular formula is C20H24N4O. The Morgan fingerprint density at radius 3 is 2.68 bits per heavy atom. The first-order chi connectivity index (χ1) is 12.2. The lowest BCUT2D eigenvalue weighted by Crippen LogP contribution is -2.49. The van der Waals surface area contributed by atoms with E-state index in [4.69, 9.17) is 0 Å². The second-order valence-electron chi connectivity index (χ2n) is 7.00. The summed E-state index contributed by atoms with van der Waals surface area (Å²) in [4.78, 5) is 16.8. The van der Waals surface area contributed by atoms with E-state index in [1.165, 1.54) is 17.5 Å². The van der Waals surface area contributed by atoms with Crippen LogP contribution in [-0.2, 0) is 24.1 Å². The largest absolute Gasteiger partial charge is 0.352 e. The van der Waals surface area contributed by atoms with Crippen LogP contribution >= 0.6 is 0 Å². The molecule has 0 saturated carbocycles. The van der Waals surface area contributed by atoms with Gasteiger partial charge in [-0.25, -0.2) is 0 Å². The number of carbonyl (C=O) groups excluding carboxylic acids is 1. The second-order valence-corrected chi connectivity index (χ2v) is 7.00. The molecule has 130 valence electrons. The van der Waals surface area contributed by atoms with E-state index >= 15 is 0 Å². The third kappa shape index (κ3) is 3.36. The van der Waals surface area contributed by atoms with Crippen LogP contribution in [0, 0.1) is 6.92 Å². The maximum Gasteiger partial charge on any atom is 0.227 e. The van der Waals surface area contributed by atoms with Crippen molar-refractivity contribution in [2.75, 3.05) is 31.1 Å². The molecule has 0 bridgehead atoms. The Labute approximate surface area is 148 Å². The van der Waals surface area contributed by atoms with Crippen molar-refractivity contribution >= 4 is 11.7 Å². The van der Waals surface area contributed by atoms with E-state index in [1.54, 1.807) is 0 Å². The molecule has 1 aliphatic heterocycles. The maximum absolute atomic E-state index is 12.6. The molecular weight excluding hydrogens is 312 g/mol. The van der Waals surface area contributed by atoms with Crippen LogP contribution in [0.1, 0.15) is 28.8 Å². The third-order valence-electron chi connectivity index (χ3n) is 5.37. The molecule has 5 nitrogen and oxygen atoms in total. The molecule has 1 fully saturated rings. The molecule has 2 aliphatic rings. The Kier molecular flexibility index (Phi) is 4.38. The zero-order valence-corrected chi connectivity index (χ0v) is 14.7. The molecule has 2 heterocycles. The standard InChI is InChI=1S/C20H24N4O/c1-15-5-2-3-6-16(15)14-20(25)24-11-9-23(10-12-24)19-13-17-7-4-8-18(17)21-22-19/h2-3,5-6,13H,4,7-12,14H2,1H3. The van der Waals surface area contributed by atoms with Crippen LogP contribution in [-0.4, -0.2) is 47.2 Å². The Morgan fingerprint density at radius 1 is 1.08 bits per heavy atom. The van der Waals surface area contributed by atoms with Crippen molar-refractivity contribution in [1.29, 1.82) is 0 Å². The number of rotatable bonds is 3. The summed E-state index contributed by atoms with van der Waals surface area (Å²) < 4.78 is 0. The summed E-state index contributed by atoms with van der Waals surface area (Å²) in [6.07, 6.45) is 3.86. The molecule has 0 atom stereocenters. The fraction of sp³-hybridized carbons (Fsp3) is 0.450. The van der Waals surface area contributed by atoms with E-state index in [2.05, 4.69) is 34.2 Å². The number of carbonyl (C=O) groups is 1. The number of anilines is 1. The fourth-order valence-corrected chi connectivity index (χ4v) is 3.74. The van der Waals surface area contributed by atoms with Gasteiger partial charge in [0.05, 0.1) is 12.1 Å². The Balaban J connectivity index is 1.36. The topological polar surface area (TPSA) is 49.3 Å². The van der Waals surface area contributed by atoms with Gasteiger partial charge >= 0.3 is 0 Å². The summed E-state index contributed by atoms with van der Waals surface area (Å²) in [6, 6.07) is 10.3. The van der Waals surface area contributed by atoms with Crippen molar-refractivity contribution in [2.24, 2.45) is 0 Å². The molecule has 1 aromatic heterocycles. The quantitative estimate of drug-likeness (QED) is 0.862. The van der Waals surface area contributed by atoms with Crippen LogP contribution in [0.4, 0.5) is 5.82 Å². The summed E-state index contributed by atoms with van der Waals surface area (Å²) in [6.45, 7) is 5.22. The highest BCUT2D eigenvalue weighted by Gasteiger charge is 2.23. The zero-order chi connectivity index (χ0) is 17.2. The normalized spacial score (nSPS) is 16.8. The van der Waals surface area contributed by atoms with E-state index in [-0.39, 0.29) is 5.91 Å². The van der Waals surface area contributed by atoms with Crippen LogP contribution in [0.25, 0.3) is 0 Å². The first-order valence-corrected chi connectivity index (χ1v) is 9.13. The summed E-state index contributed by atoms with van der Waals surface area (Å²) in [7, 11) is 0. The fourth-order valence-electron chi connectivity index (χ4n) is 3.74. The SMILES string of the molecule is Cc1ccccc1CC(=O)N1CCN(c2cc3c(nn2)CCC3)CC1. The minimum Gasteiger partial charge on any atom is -0.352 e. The van der Waals surface area contributed by atoms with Gasteiger partial charge in [-0.2, -0.15) is 5.10 Å². The number of nitrogens with zero attached hydrogens (tertiary/aromatic N) is 4. The number of hydrogen-bond donors (Lipinski definition) is 0. The number of fused-ring (bicyclic) bond motifs is 1. The lowest BCUT2D eigenvalue weighted by molar-refractivity contribution is -0.130. The number of aromatic nitrogens is 2. The zero-order valence-electron chi connectivity index (χ0n) is 14.7. The van der Waals surface area contributed by atoms with Gasteiger partial charge in [-0.1, -0.05) is 24.3 Å². The van der Waals surface area contributed by atoms with E-state index < -0.39 is 0 Å². The van der Waals surface area contributed by atoms with Crippen molar-refractivity contribution in [2.45, 2.75) is 32.6 Å². The van der Waals surface area contributed by atoms with Gasteiger partial charge in [0.15, 0.2) is 5.82 Å². The van der Waals surface area contributed by atoms with E-state index in [0.29, 0.717) is 6.42 Å².